The van der Waals surface area contributed by atoms with E-state index in [2.05, 4.69) is 5.32 Å². The SMILES string of the molecule is COc1ccc(N(CC(=O)N(Cc2ccc(Cl)cc2Cl)C(Cc2ccccc2)C(=O)NC(C)(C)C)S(C)(=O)=O)cc1Cl. The molecular weight excluding hydrogens is 621 g/mol. The van der Waals surface area contributed by atoms with Gasteiger partial charge in [0.2, 0.25) is 21.8 Å². The lowest BCUT2D eigenvalue weighted by atomic mass is 10.0. The van der Waals surface area contributed by atoms with Gasteiger partial charge in [-0.25, -0.2) is 8.42 Å². The largest absolute Gasteiger partial charge is 0.495 e. The maximum absolute atomic E-state index is 14.2. The van der Waals surface area contributed by atoms with Crippen LogP contribution in [0.3, 0.4) is 0 Å². The van der Waals surface area contributed by atoms with Crippen molar-refractivity contribution >= 4 is 62.3 Å². The molecule has 0 aromatic heterocycles. The van der Waals surface area contributed by atoms with Gasteiger partial charge < -0.3 is 15.0 Å². The molecule has 0 saturated carbocycles. The van der Waals surface area contributed by atoms with E-state index in [1.165, 1.54) is 30.2 Å². The number of methoxy groups -OCH3 is 1. The number of benzene rings is 3. The van der Waals surface area contributed by atoms with E-state index in [-0.39, 0.29) is 23.7 Å². The van der Waals surface area contributed by atoms with Crippen molar-refractivity contribution in [3.63, 3.8) is 0 Å². The summed E-state index contributed by atoms with van der Waals surface area (Å²) in [6.45, 7) is 4.84. The van der Waals surface area contributed by atoms with Crippen LogP contribution in [-0.2, 0) is 32.6 Å². The monoisotopic (exact) mass is 653 g/mol. The summed E-state index contributed by atoms with van der Waals surface area (Å²) >= 11 is 18.9. The van der Waals surface area contributed by atoms with Crippen molar-refractivity contribution in [3.05, 3.63) is 92.9 Å². The molecule has 0 aliphatic rings. The molecule has 226 valence electrons. The second kappa shape index (κ2) is 14.0. The van der Waals surface area contributed by atoms with Crippen molar-refractivity contribution in [2.45, 2.75) is 45.3 Å². The normalized spacial score (nSPS) is 12.4. The number of carbonyl (C=O) groups is 2. The molecule has 0 radical (unpaired) electrons. The quantitative estimate of drug-likeness (QED) is 0.275. The van der Waals surface area contributed by atoms with Gasteiger partial charge >= 0.3 is 0 Å². The minimum atomic E-state index is -3.96. The van der Waals surface area contributed by atoms with Crippen LogP contribution >= 0.6 is 34.8 Å². The third-order valence-corrected chi connectivity index (χ3v) is 8.25. The van der Waals surface area contributed by atoms with Gasteiger partial charge in [-0.1, -0.05) is 71.2 Å². The Labute approximate surface area is 262 Å². The number of hydrogen-bond acceptors (Lipinski definition) is 5. The van der Waals surface area contributed by atoms with E-state index in [0.29, 0.717) is 21.4 Å². The Morgan fingerprint density at radius 2 is 1.62 bits per heavy atom. The predicted molar refractivity (Wildman–Crippen MR) is 169 cm³/mol. The number of anilines is 1. The lowest BCUT2D eigenvalue weighted by Crippen LogP contribution is -2.56. The standard InChI is InChI=1S/C30H34Cl3N3O5S/c1-30(2,3)34-29(38)26(15-20-9-7-6-8-10-20)35(18-21-11-12-22(31)16-24(21)32)28(37)19-36(42(5,39)40)23-13-14-27(41-4)25(33)17-23/h6-14,16-17,26H,15,18-19H2,1-5H3,(H,34,38). The summed E-state index contributed by atoms with van der Waals surface area (Å²) in [7, 11) is -2.52. The highest BCUT2D eigenvalue weighted by molar-refractivity contribution is 7.92. The minimum absolute atomic E-state index is 0.0785. The first kappa shape index (κ1) is 33.5. The summed E-state index contributed by atoms with van der Waals surface area (Å²) in [4.78, 5) is 29.3. The zero-order chi connectivity index (χ0) is 31.2. The van der Waals surface area contributed by atoms with Crippen molar-refractivity contribution in [2.24, 2.45) is 0 Å². The van der Waals surface area contributed by atoms with Gasteiger partial charge in [0, 0.05) is 28.5 Å². The predicted octanol–water partition coefficient (Wildman–Crippen LogP) is 5.98. The van der Waals surface area contributed by atoms with Gasteiger partial charge in [0.05, 0.1) is 24.1 Å². The highest BCUT2D eigenvalue weighted by Gasteiger charge is 2.34. The van der Waals surface area contributed by atoms with Crippen LogP contribution in [0.1, 0.15) is 31.9 Å². The number of nitrogens with one attached hydrogen (secondary N) is 1. The first-order chi connectivity index (χ1) is 19.6. The molecule has 1 N–H and O–H groups in total. The van der Waals surface area contributed by atoms with Crippen LogP contribution in [0.15, 0.2) is 66.7 Å². The lowest BCUT2D eigenvalue weighted by molar-refractivity contribution is -0.140. The number of rotatable bonds is 11. The van der Waals surface area contributed by atoms with E-state index < -0.39 is 40.0 Å². The van der Waals surface area contributed by atoms with E-state index >= 15 is 0 Å². The summed E-state index contributed by atoms with van der Waals surface area (Å²) in [5.74, 6) is -0.674. The van der Waals surface area contributed by atoms with Gasteiger partial charge in [-0.3, -0.25) is 13.9 Å². The molecule has 3 aromatic carbocycles. The molecule has 3 rings (SSSR count). The molecule has 0 saturated heterocycles. The summed E-state index contributed by atoms with van der Waals surface area (Å²) in [5.41, 5.74) is 0.917. The van der Waals surface area contributed by atoms with E-state index in [4.69, 9.17) is 39.5 Å². The van der Waals surface area contributed by atoms with Crippen LogP contribution in [0, 0.1) is 0 Å². The summed E-state index contributed by atoms with van der Waals surface area (Å²) in [5, 5.41) is 3.86. The first-order valence-electron chi connectivity index (χ1n) is 13.0. The van der Waals surface area contributed by atoms with Crippen molar-refractivity contribution in [1.82, 2.24) is 10.2 Å². The lowest BCUT2D eigenvalue weighted by Gasteiger charge is -2.35. The van der Waals surface area contributed by atoms with Crippen LogP contribution in [-0.4, -0.2) is 56.6 Å². The van der Waals surface area contributed by atoms with E-state index in [1.54, 1.807) is 18.2 Å². The molecule has 0 aliphatic carbocycles. The van der Waals surface area contributed by atoms with Crippen molar-refractivity contribution < 1.29 is 22.7 Å². The number of halogens is 3. The zero-order valence-electron chi connectivity index (χ0n) is 24.0. The Balaban J connectivity index is 2.11. The zero-order valence-corrected chi connectivity index (χ0v) is 27.1. The Morgan fingerprint density at radius 3 is 2.17 bits per heavy atom. The van der Waals surface area contributed by atoms with Crippen LogP contribution < -0.4 is 14.4 Å². The maximum atomic E-state index is 14.2. The van der Waals surface area contributed by atoms with Gasteiger partial charge in [-0.2, -0.15) is 0 Å². The van der Waals surface area contributed by atoms with E-state index in [0.717, 1.165) is 16.1 Å². The first-order valence-corrected chi connectivity index (χ1v) is 16.0. The minimum Gasteiger partial charge on any atom is -0.495 e. The average Bonchev–Trinajstić information content (AvgIpc) is 2.89. The van der Waals surface area contributed by atoms with E-state index in [9.17, 15) is 18.0 Å². The number of amides is 2. The highest BCUT2D eigenvalue weighted by Crippen LogP contribution is 2.31. The van der Waals surface area contributed by atoms with Gasteiger partial charge in [-0.15, -0.1) is 0 Å². The van der Waals surface area contributed by atoms with Crippen LogP contribution in [0.5, 0.6) is 5.75 Å². The highest BCUT2D eigenvalue weighted by atomic mass is 35.5. The average molecular weight is 655 g/mol. The summed E-state index contributed by atoms with van der Waals surface area (Å²) < 4.78 is 32.0. The smallest absolute Gasteiger partial charge is 0.244 e. The molecule has 0 spiro atoms. The molecule has 0 fully saturated rings. The number of sulfonamides is 1. The second-order valence-electron chi connectivity index (χ2n) is 10.8. The molecule has 1 atom stereocenters. The number of carbonyl (C=O) groups excluding carboxylic acids is 2. The third kappa shape index (κ3) is 9.26. The fourth-order valence-corrected chi connectivity index (χ4v) is 5.83. The molecule has 0 bridgehead atoms. The Kier molecular flexibility index (Phi) is 11.2. The molecular formula is C30H34Cl3N3O5S. The maximum Gasteiger partial charge on any atom is 0.244 e. The molecule has 0 heterocycles. The fraction of sp³-hybridized carbons (Fsp3) is 0.333. The third-order valence-electron chi connectivity index (χ3n) is 6.23. The van der Waals surface area contributed by atoms with Gasteiger partial charge in [0.1, 0.15) is 18.3 Å². The Bertz CT molecular complexity index is 1530. The van der Waals surface area contributed by atoms with Crippen LogP contribution in [0.25, 0.3) is 0 Å². The molecule has 2 amide bonds. The molecule has 0 aliphatic heterocycles. The summed E-state index contributed by atoms with van der Waals surface area (Å²) in [6, 6.07) is 17.5. The molecule has 12 heteroatoms. The van der Waals surface area contributed by atoms with Gasteiger partial charge in [0.15, 0.2) is 0 Å². The van der Waals surface area contributed by atoms with E-state index in [1.807, 2.05) is 51.1 Å². The summed E-state index contributed by atoms with van der Waals surface area (Å²) in [6.07, 6.45) is 1.17. The Hall–Kier alpha value is -2.98. The number of hydrogen-bond donors (Lipinski definition) is 1. The number of ether oxygens (including phenoxy) is 1. The van der Waals surface area contributed by atoms with Gasteiger partial charge in [0.25, 0.3) is 0 Å². The van der Waals surface area contributed by atoms with Crippen molar-refractivity contribution in [1.29, 1.82) is 0 Å². The molecule has 3 aromatic rings. The Morgan fingerprint density at radius 1 is 0.952 bits per heavy atom. The van der Waals surface area contributed by atoms with Gasteiger partial charge in [-0.05, 0) is 62.2 Å². The molecule has 8 nitrogen and oxygen atoms in total. The molecule has 1 unspecified atom stereocenters. The fourth-order valence-electron chi connectivity index (χ4n) is 4.26. The van der Waals surface area contributed by atoms with Crippen LogP contribution in [0.4, 0.5) is 5.69 Å². The topological polar surface area (TPSA) is 96.0 Å². The van der Waals surface area contributed by atoms with Crippen LogP contribution in [0.2, 0.25) is 15.1 Å². The van der Waals surface area contributed by atoms with Crippen molar-refractivity contribution in [3.8, 4) is 5.75 Å². The van der Waals surface area contributed by atoms with Crippen molar-refractivity contribution in [2.75, 3.05) is 24.2 Å². The second-order valence-corrected chi connectivity index (χ2v) is 13.9. The number of nitrogens with zero attached hydrogens (tertiary/aromatic N) is 2. The molecule has 42 heavy (non-hydrogen) atoms.